The maximum atomic E-state index is 12.9. The molecule has 8 heteroatoms. The summed E-state index contributed by atoms with van der Waals surface area (Å²) >= 11 is 0. The monoisotopic (exact) mass is 368 g/mol. The largest absolute Gasteiger partial charge is 0.416 e. The standard InChI is InChI=1S/C18H23F3N4O/c1-3-25-9-5-4-6-15(25)17(26)22-11-16-23-13-10-12(18(19,20)21)7-8-14(13)24(16)2/h7-8,10,15H,3-6,9,11H2,1-2H3,(H,22,26). The molecule has 2 heterocycles. The molecule has 3 rings (SSSR count). The van der Waals surface area contributed by atoms with E-state index in [9.17, 15) is 18.0 Å². The molecule has 142 valence electrons. The number of rotatable bonds is 4. The fraction of sp³-hybridized carbons (Fsp3) is 0.556. The molecule has 2 aromatic rings. The number of hydrogen-bond donors (Lipinski definition) is 1. The summed E-state index contributed by atoms with van der Waals surface area (Å²) in [5.41, 5.74) is 0.161. The molecule has 1 atom stereocenters. The lowest BCUT2D eigenvalue weighted by molar-refractivity contribution is -0.137. The van der Waals surface area contributed by atoms with Crippen LogP contribution in [0.1, 0.15) is 37.6 Å². The van der Waals surface area contributed by atoms with Crippen LogP contribution >= 0.6 is 0 Å². The fourth-order valence-electron chi connectivity index (χ4n) is 3.53. The molecule has 1 saturated heterocycles. The lowest BCUT2D eigenvalue weighted by atomic mass is 10.0. The SMILES string of the molecule is CCN1CCCCC1C(=O)NCc1nc2cc(C(F)(F)F)ccc2n1C. The highest BCUT2D eigenvalue weighted by molar-refractivity contribution is 5.82. The molecule has 1 aliphatic heterocycles. The Bertz CT molecular complexity index is 800. The minimum Gasteiger partial charge on any atom is -0.348 e. The minimum absolute atomic E-state index is 0.0467. The summed E-state index contributed by atoms with van der Waals surface area (Å²) in [5, 5.41) is 2.89. The van der Waals surface area contributed by atoms with Crippen LogP contribution in [0.15, 0.2) is 18.2 Å². The smallest absolute Gasteiger partial charge is 0.348 e. The Morgan fingerprint density at radius 2 is 2.12 bits per heavy atom. The van der Waals surface area contributed by atoms with Crippen LogP contribution in [0.3, 0.4) is 0 Å². The first-order valence-electron chi connectivity index (χ1n) is 8.85. The molecular weight excluding hydrogens is 345 g/mol. The van der Waals surface area contributed by atoms with Crippen molar-refractivity contribution in [3.63, 3.8) is 0 Å². The van der Waals surface area contributed by atoms with Crippen molar-refractivity contribution < 1.29 is 18.0 Å². The van der Waals surface area contributed by atoms with Crippen molar-refractivity contribution in [1.82, 2.24) is 19.8 Å². The first kappa shape index (κ1) is 18.7. The average Bonchev–Trinajstić information content (AvgIpc) is 2.94. The third kappa shape index (κ3) is 3.70. The maximum Gasteiger partial charge on any atom is 0.416 e. The van der Waals surface area contributed by atoms with Gasteiger partial charge in [0.1, 0.15) is 5.82 Å². The molecule has 1 aromatic heterocycles. The normalized spacial score (nSPS) is 19.0. The highest BCUT2D eigenvalue weighted by Gasteiger charge is 2.31. The highest BCUT2D eigenvalue weighted by atomic mass is 19.4. The average molecular weight is 368 g/mol. The number of aryl methyl sites for hydroxylation is 1. The van der Waals surface area contributed by atoms with Crippen molar-refractivity contribution in [3.05, 3.63) is 29.6 Å². The number of amides is 1. The van der Waals surface area contributed by atoms with Gasteiger partial charge in [0.05, 0.1) is 29.2 Å². The van der Waals surface area contributed by atoms with Crippen molar-refractivity contribution in [1.29, 1.82) is 0 Å². The minimum atomic E-state index is -4.40. The van der Waals surface area contributed by atoms with Gasteiger partial charge in [-0.25, -0.2) is 4.98 Å². The molecule has 1 N–H and O–H groups in total. The number of imidazole rings is 1. The molecule has 0 spiro atoms. The van der Waals surface area contributed by atoms with Crippen molar-refractivity contribution in [2.75, 3.05) is 13.1 Å². The Morgan fingerprint density at radius 1 is 1.35 bits per heavy atom. The zero-order valence-electron chi connectivity index (χ0n) is 14.9. The van der Waals surface area contributed by atoms with E-state index in [0.717, 1.165) is 44.5 Å². The second-order valence-corrected chi connectivity index (χ2v) is 6.65. The van der Waals surface area contributed by atoms with Crippen LogP contribution in [-0.4, -0.2) is 39.5 Å². The third-order valence-electron chi connectivity index (χ3n) is 5.04. The number of carbonyl (C=O) groups is 1. The lowest BCUT2D eigenvalue weighted by Gasteiger charge is -2.33. The summed E-state index contributed by atoms with van der Waals surface area (Å²) in [4.78, 5) is 18.9. The van der Waals surface area contributed by atoms with E-state index in [1.54, 1.807) is 11.6 Å². The van der Waals surface area contributed by atoms with Gasteiger partial charge in [-0.2, -0.15) is 13.2 Å². The second kappa shape index (κ2) is 7.26. The Hall–Kier alpha value is -2.09. The number of alkyl halides is 3. The van der Waals surface area contributed by atoms with Crippen LogP contribution in [0.4, 0.5) is 13.2 Å². The van der Waals surface area contributed by atoms with Gasteiger partial charge in [0, 0.05) is 7.05 Å². The Balaban J connectivity index is 1.74. The van der Waals surface area contributed by atoms with E-state index < -0.39 is 11.7 Å². The predicted octanol–water partition coefficient (Wildman–Crippen LogP) is 3.08. The summed E-state index contributed by atoms with van der Waals surface area (Å²) in [5.74, 6) is 0.487. The number of likely N-dealkylation sites (tertiary alicyclic amines) is 1. The molecule has 1 aromatic carbocycles. The summed E-state index contributed by atoms with van der Waals surface area (Å²) in [7, 11) is 1.74. The van der Waals surface area contributed by atoms with Gasteiger partial charge in [0.25, 0.3) is 0 Å². The van der Waals surface area contributed by atoms with Crippen molar-refractivity contribution in [2.45, 2.75) is 44.9 Å². The molecule has 1 amide bonds. The Labute approximate surface area is 150 Å². The fourth-order valence-corrected chi connectivity index (χ4v) is 3.53. The van der Waals surface area contributed by atoms with E-state index in [0.29, 0.717) is 11.3 Å². The van der Waals surface area contributed by atoms with E-state index in [4.69, 9.17) is 0 Å². The number of aromatic nitrogens is 2. The number of halogens is 3. The number of nitrogens with one attached hydrogen (secondary N) is 1. The van der Waals surface area contributed by atoms with Crippen molar-refractivity contribution in [2.24, 2.45) is 7.05 Å². The van der Waals surface area contributed by atoms with Gasteiger partial charge in [-0.1, -0.05) is 13.3 Å². The topological polar surface area (TPSA) is 50.2 Å². The summed E-state index contributed by atoms with van der Waals surface area (Å²) < 4.78 is 40.3. The Morgan fingerprint density at radius 3 is 2.81 bits per heavy atom. The van der Waals surface area contributed by atoms with Gasteiger partial charge in [0.15, 0.2) is 0 Å². The van der Waals surface area contributed by atoms with Crippen LogP contribution in [0, 0.1) is 0 Å². The number of hydrogen-bond acceptors (Lipinski definition) is 3. The number of piperidine rings is 1. The summed E-state index contributed by atoms with van der Waals surface area (Å²) in [6.07, 6.45) is -1.44. The van der Waals surface area contributed by atoms with E-state index in [-0.39, 0.29) is 24.0 Å². The molecule has 0 radical (unpaired) electrons. The van der Waals surface area contributed by atoms with Crippen LogP contribution in [0.5, 0.6) is 0 Å². The molecule has 1 unspecified atom stereocenters. The third-order valence-corrected chi connectivity index (χ3v) is 5.04. The van der Waals surface area contributed by atoms with Gasteiger partial charge >= 0.3 is 6.18 Å². The van der Waals surface area contributed by atoms with E-state index in [1.165, 1.54) is 6.07 Å². The first-order chi connectivity index (χ1) is 12.3. The summed E-state index contributed by atoms with van der Waals surface area (Å²) in [6, 6.07) is 3.37. The molecule has 1 aliphatic rings. The van der Waals surface area contributed by atoms with Crippen LogP contribution in [0.25, 0.3) is 11.0 Å². The molecule has 0 saturated carbocycles. The summed E-state index contributed by atoms with van der Waals surface area (Å²) in [6.45, 7) is 3.97. The molecule has 5 nitrogen and oxygen atoms in total. The Kier molecular flexibility index (Phi) is 5.22. The van der Waals surface area contributed by atoms with Gasteiger partial charge in [-0.05, 0) is 44.1 Å². The number of benzene rings is 1. The van der Waals surface area contributed by atoms with Crippen molar-refractivity contribution >= 4 is 16.9 Å². The van der Waals surface area contributed by atoms with Crippen LogP contribution < -0.4 is 5.32 Å². The predicted molar refractivity (Wildman–Crippen MR) is 92.4 cm³/mol. The van der Waals surface area contributed by atoms with Gasteiger partial charge < -0.3 is 9.88 Å². The van der Waals surface area contributed by atoms with Crippen LogP contribution in [-0.2, 0) is 24.6 Å². The molecule has 0 bridgehead atoms. The quantitative estimate of drug-likeness (QED) is 0.902. The zero-order chi connectivity index (χ0) is 18.9. The van der Waals surface area contributed by atoms with E-state index in [2.05, 4.69) is 15.2 Å². The number of likely N-dealkylation sites (N-methyl/N-ethyl adjacent to an activating group) is 1. The van der Waals surface area contributed by atoms with Gasteiger partial charge in [0.2, 0.25) is 5.91 Å². The number of carbonyl (C=O) groups excluding carboxylic acids is 1. The van der Waals surface area contributed by atoms with Gasteiger partial charge in [-0.15, -0.1) is 0 Å². The highest BCUT2D eigenvalue weighted by Crippen LogP contribution is 2.31. The number of fused-ring (bicyclic) bond motifs is 1. The van der Waals surface area contributed by atoms with Crippen LogP contribution in [0.2, 0.25) is 0 Å². The maximum absolute atomic E-state index is 12.9. The molecule has 26 heavy (non-hydrogen) atoms. The van der Waals surface area contributed by atoms with E-state index >= 15 is 0 Å². The van der Waals surface area contributed by atoms with E-state index in [1.807, 2.05) is 6.92 Å². The van der Waals surface area contributed by atoms with Crippen molar-refractivity contribution in [3.8, 4) is 0 Å². The molecule has 0 aliphatic carbocycles. The van der Waals surface area contributed by atoms with Gasteiger partial charge in [-0.3, -0.25) is 9.69 Å². The lowest BCUT2D eigenvalue weighted by Crippen LogP contribution is -2.49. The first-order valence-corrected chi connectivity index (χ1v) is 8.85. The zero-order valence-corrected chi connectivity index (χ0v) is 14.9. The molecule has 1 fully saturated rings. The number of nitrogens with zero attached hydrogens (tertiary/aromatic N) is 3. The second-order valence-electron chi connectivity index (χ2n) is 6.65. The molecular formula is C18H23F3N4O.